The number of hydrogen-bond donors (Lipinski definition) is 1. The number of nitrogens with zero attached hydrogens (tertiary/aromatic N) is 1. The molecule has 0 aromatic heterocycles. The van der Waals surface area contributed by atoms with E-state index in [1.165, 1.54) is 12.1 Å². The second-order valence-corrected chi connectivity index (χ2v) is 4.23. The van der Waals surface area contributed by atoms with Gasteiger partial charge in [0.2, 0.25) is 0 Å². The van der Waals surface area contributed by atoms with Gasteiger partial charge in [0.15, 0.2) is 0 Å². The number of hydrogen-bond acceptors (Lipinski definition) is 3. The molecule has 0 spiro atoms. The molecule has 2 unspecified atom stereocenters. The van der Waals surface area contributed by atoms with Crippen molar-refractivity contribution < 1.29 is 14.8 Å². The van der Waals surface area contributed by atoms with Gasteiger partial charge in [0.25, 0.3) is 5.69 Å². The predicted octanol–water partition coefficient (Wildman–Crippen LogP) is 2.49. The van der Waals surface area contributed by atoms with Gasteiger partial charge in [-0.25, -0.2) is 0 Å². The van der Waals surface area contributed by atoms with E-state index in [-0.39, 0.29) is 11.6 Å². The normalized spacial score (nSPS) is 14.0. The van der Waals surface area contributed by atoms with Crippen molar-refractivity contribution in [1.29, 1.82) is 0 Å². The molecule has 1 N–H and O–H groups in total. The van der Waals surface area contributed by atoms with Gasteiger partial charge >= 0.3 is 5.97 Å². The van der Waals surface area contributed by atoms with Crippen LogP contribution < -0.4 is 0 Å². The topological polar surface area (TPSA) is 80.4 Å². The third-order valence-corrected chi connectivity index (χ3v) is 2.95. The lowest BCUT2D eigenvalue weighted by Gasteiger charge is -2.15. The maximum absolute atomic E-state index is 10.8. The number of non-ortho nitro benzene ring substituents is 1. The first-order valence-electron chi connectivity index (χ1n) is 5.38. The van der Waals surface area contributed by atoms with Crippen LogP contribution in [0.5, 0.6) is 0 Å². The van der Waals surface area contributed by atoms with Gasteiger partial charge < -0.3 is 5.11 Å². The number of nitro groups is 1. The molecule has 0 saturated carbocycles. The van der Waals surface area contributed by atoms with Crippen molar-refractivity contribution in [1.82, 2.24) is 0 Å². The molecule has 0 radical (unpaired) electrons. The van der Waals surface area contributed by atoms with Crippen molar-refractivity contribution in [2.24, 2.45) is 11.8 Å². The number of carboxylic acids is 1. The van der Waals surface area contributed by atoms with Crippen LogP contribution in [0.4, 0.5) is 5.69 Å². The fourth-order valence-electron chi connectivity index (χ4n) is 1.55. The molecule has 5 nitrogen and oxygen atoms in total. The van der Waals surface area contributed by atoms with Crippen molar-refractivity contribution in [2.75, 3.05) is 0 Å². The van der Waals surface area contributed by atoms with Crippen LogP contribution in [0.15, 0.2) is 24.3 Å². The van der Waals surface area contributed by atoms with Crippen molar-refractivity contribution in [3.63, 3.8) is 0 Å². The third-order valence-electron chi connectivity index (χ3n) is 2.95. The van der Waals surface area contributed by atoms with Crippen LogP contribution in [0.3, 0.4) is 0 Å². The molecule has 0 heterocycles. The van der Waals surface area contributed by atoms with Gasteiger partial charge in [0, 0.05) is 12.1 Å². The van der Waals surface area contributed by atoms with Gasteiger partial charge in [-0.2, -0.15) is 0 Å². The fraction of sp³-hybridized carbons (Fsp3) is 0.417. The van der Waals surface area contributed by atoms with E-state index in [9.17, 15) is 14.9 Å². The summed E-state index contributed by atoms with van der Waals surface area (Å²) in [4.78, 5) is 20.8. The maximum Gasteiger partial charge on any atom is 0.306 e. The number of nitro benzene ring substituents is 1. The maximum atomic E-state index is 10.8. The van der Waals surface area contributed by atoms with Gasteiger partial charge in [-0.3, -0.25) is 14.9 Å². The molecule has 1 aromatic rings. The standard InChI is InChI=1S/C12H15NO4/c1-8(9(2)12(14)15)7-10-3-5-11(6-4-10)13(16)17/h3-6,8-9H,7H2,1-2H3,(H,14,15). The molecule has 5 heteroatoms. The third kappa shape index (κ3) is 3.55. The van der Waals surface area contributed by atoms with Crippen LogP contribution in [0.25, 0.3) is 0 Å². The molecule has 17 heavy (non-hydrogen) atoms. The SMILES string of the molecule is CC(Cc1ccc([N+](=O)[O-])cc1)C(C)C(=O)O. The number of benzene rings is 1. The molecule has 0 aliphatic rings. The highest BCUT2D eigenvalue weighted by Gasteiger charge is 2.19. The number of rotatable bonds is 5. The molecule has 0 amide bonds. The van der Waals surface area contributed by atoms with Gasteiger partial charge in [0.05, 0.1) is 10.8 Å². The number of aliphatic carboxylic acids is 1. The summed E-state index contributed by atoms with van der Waals surface area (Å²) in [6.07, 6.45) is 0.603. The number of carboxylic acid groups (broad SMARTS) is 1. The van der Waals surface area contributed by atoms with Gasteiger partial charge in [-0.05, 0) is 17.9 Å². The van der Waals surface area contributed by atoms with Crippen molar-refractivity contribution >= 4 is 11.7 Å². The Balaban J connectivity index is 2.69. The lowest BCUT2D eigenvalue weighted by Crippen LogP contribution is -2.19. The van der Waals surface area contributed by atoms with Gasteiger partial charge in [-0.15, -0.1) is 0 Å². The highest BCUT2D eigenvalue weighted by Crippen LogP contribution is 2.19. The first kappa shape index (κ1) is 13.2. The zero-order valence-corrected chi connectivity index (χ0v) is 9.79. The lowest BCUT2D eigenvalue weighted by atomic mass is 9.90. The van der Waals surface area contributed by atoms with E-state index in [1.807, 2.05) is 6.92 Å². The lowest BCUT2D eigenvalue weighted by molar-refractivity contribution is -0.384. The first-order valence-corrected chi connectivity index (χ1v) is 5.38. The van der Waals surface area contributed by atoms with Crippen LogP contribution >= 0.6 is 0 Å². The Hall–Kier alpha value is -1.91. The predicted molar refractivity (Wildman–Crippen MR) is 62.8 cm³/mol. The molecule has 0 bridgehead atoms. The molecule has 1 rings (SSSR count). The summed E-state index contributed by atoms with van der Waals surface area (Å²) < 4.78 is 0. The summed E-state index contributed by atoms with van der Waals surface area (Å²) in [5.41, 5.74) is 0.962. The van der Waals surface area contributed by atoms with E-state index in [1.54, 1.807) is 19.1 Å². The quantitative estimate of drug-likeness (QED) is 0.630. The zero-order valence-electron chi connectivity index (χ0n) is 9.79. The van der Waals surface area contributed by atoms with E-state index < -0.39 is 16.8 Å². The Bertz CT molecular complexity index is 413. The van der Waals surface area contributed by atoms with Crippen LogP contribution in [0, 0.1) is 22.0 Å². The van der Waals surface area contributed by atoms with Crippen LogP contribution in [0.1, 0.15) is 19.4 Å². The molecule has 0 aliphatic heterocycles. The Kier molecular flexibility index (Phi) is 4.20. The van der Waals surface area contributed by atoms with Crippen LogP contribution in [0.2, 0.25) is 0 Å². The van der Waals surface area contributed by atoms with E-state index >= 15 is 0 Å². The van der Waals surface area contributed by atoms with Crippen LogP contribution in [-0.2, 0) is 11.2 Å². The van der Waals surface area contributed by atoms with Crippen molar-refractivity contribution in [2.45, 2.75) is 20.3 Å². The Morgan fingerprint density at radius 2 is 1.88 bits per heavy atom. The molecule has 1 aromatic carbocycles. The minimum absolute atomic E-state index is 0.00560. The largest absolute Gasteiger partial charge is 0.481 e. The Morgan fingerprint density at radius 3 is 2.29 bits per heavy atom. The Morgan fingerprint density at radius 1 is 1.35 bits per heavy atom. The molecular formula is C12H15NO4. The average Bonchev–Trinajstić information content (AvgIpc) is 2.28. The fourth-order valence-corrected chi connectivity index (χ4v) is 1.55. The van der Waals surface area contributed by atoms with E-state index in [0.29, 0.717) is 6.42 Å². The van der Waals surface area contributed by atoms with E-state index in [4.69, 9.17) is 5.11 Å². The van der Waals surface area contributed by atoms with E-state index in [0.717, 1.165) is 5.56 Å². The van der Waals surface area contributed by atoms with E-state index in [2.05, 4.69) is 0 Å². The average molecular weight is 237 g/mol. The highest BCUT2D eigenvalue weighted by molar-refractivity contribution is 5.69. The minimum Gasteiger partial charge on any atom is -0.481 e. The summed E-state index contributed by atoms with van der Waals surface area (Å²) in [6, 6.07) is 6.22. The van der Waals surface area contributed by atoms with Gasteiger partial charge in [0.1, 0.15) is 0 Å². The molecule has 2 atom stereocenters. The smallest absolute Gasteiger partial charge is 0.306 e. The molecule has 0 aliphatic carbocycles. The molecule has 0 fully saturated rings. The summed E-state index contributed by atoms with van der Waals surface area (Å²) in [5.74, 6) is -1.25. The second-order valence-electron chi connectivity index (χ2n) is 4.23. The summed E-state index contributed by atoms with van der Waals surface area (Å²) >= 11 is 0. The molecular weight excluding hydrogens is 222 g/mol. The monoisotopic (exact) mass is 237 g/mol. The zero-order chi connectivity index (χ0) is 13.0. The van der Waals surface area contributed by atoms with Crippen LogP contribution in [-0.4, -0.2) is 16.0 Å². The summed E-state index contributed by atoms with van der Waals surface area (Å²) in [5, 5.41) is 19.3. The number of carbonyl (C=O) groups is 1. The highest BCUT2D eigenvalue weighted by atomic mass is 16.6. The summed E-state index contributed by atoms with van der Waals surface area (Å²) in [7, 11) is 0. The van der Waals surface area contributed by atoms with Crippen molar-refractivity contribution in [3.8, 4) is 0 Å². The minimum atomic E-state index is -0.820. The second kappa shape index (κ2) is 5.43. The van der Waals surface area contributed by atoms with Crippen molar-refractivity contribution in [3.05, 3.63) is 39.9 Å². The van der Waals surface area contributed by atoms with Gasteiger partial charge in [-0.1, -0.05) is 26.0 Å². The molecule has 0 saturated heterocycles. The first-order chi connectivity index (χ1) is 7.91. The molecule has 92 valence electrons. The summed E-state index contributed by atoms with van der Waals surface area (Å²) in [6.45, 7) is 3.53. The Labute approximate surface area is 99.2 Å².